The molecule has 1 aliphatic rings. The summed E-state index contributed by atoms with van der Waals surface area (Å²) in [5, 5.41) is 3.08. The van der Waals surface area contributed by atoms with Gasteiger partial charge in [0.05, 0.1) is 17.2 Å². The number of benzene rings is 1. The summed E-state index contributed by atoms with van der Waals surface area (Å²) in [4.78, 5) is 17.4. The van der Waals surface area contributed by atoms with Crippen LogP contribution >= 0.6 is 0 Å². The third-order valence-corrected chi connectivity index (χ3v) is 6.71. The highest BCUT2D eigenvalue weighted by molar-refractivity contribution is 7.92. The molecule has 2 aromatic heterocycles. The minimum atomic E-state index is -3.59. The van der Waals surface area contributed by atoms with Gasteiger partial charge in [0, 0.05) is 24.7 Å². The number of hydrogen-bond donors (Lipinski definition) is 1. The van der Waals surface area contributed by atoms with Gasteiger partial charge in [0.2, 0.25) is 15.7 Å². The Bertz CT molecular complexity index is 1330. The average Bonchev–Trinajstić information content (AvgIpc) is 3.14. The molecular formula is C23H24FN3O4S. The number of carbonyl (C=O) groups excluding carboxylic acids is 1. The van der Waals surface area contributed by atoms with Gasteiger partial charge in [0.15, 0.2) is 5.82 Å². The van der Waals surface area contributed by atoms with Crippen molar-refractivity contribution < 1.29 is 22.0 Å². The number of nitrogens with one attached hydrogen (secondary N) is 1. The Morgan fingerprint density at radius 1 is 1.22 bits per heavy atom. The lowest BCUT2D eigenvalue weighted by atomic mass is 10.0. The van der Waals surface area contributed by atoms with E-state index in [1.54, 1.807) is 6.07 Å². The maximum atomic E-state index is 13.5. The Morgan fingerprint density at radius 2 is 1.94 bits per heavy atom. The number of amides is 1. The van der Waals surface area contributed by atoms with Crippen LogP contribution in [-0.2, 0) is 10.0 Å². The van der Waals surface area contributed by atoms with Gasteiger partial charge in [-0.2, -0.15) is 4.98 Å². The van der Waals surface area contributed by atoms with Crippen LogP contribution in [0.15, 0.2) is 40.8 Å². The first-order valence-electron chi connectivity index (χ1n) is 10.3. The molecule has 1 aromatic carbocycles. The zero-order valence-electron chi connectivity index (χ0n) is 18.1. The quantitative estimate of drug-likeness (QED) is 0.631. The molecule has 0 atom stereocenters. The summed E-state index contributed by atoms with van der Waals surface area (Å²) < 4.78 is 45.9. The fourth-order valence-corrected chi connectivity index (χ4v) is 4.82. The summed E-state index contributed by atoms with van der Waals surface area (Å²) >= 11 is 0. The molecule has 1 aliphatic heterocycles. The molecule has 0 spiro atoms. The first-order chi connectivity index (χ1) is 15.2. The summed E-state index contributed by atoms with van der Waals surface area (Å²) in [6.45, 7) is 2.21. The Balaban J connectivity index is 2.05. The summed E-state index contributed by atoms with van der Waals surface area (Å²) in [5.74, 6) is -0.268. The van der Waals surface area contributed by atoms with E-state index in [-0.39, 0.29) is 28.8 Å². The van der Waals surface area contributed by atoms with E-state index in [0.717, 1.165) is 24.7 Å². The predicted molar refractivity (Wildman–Crippen MR) is 122 cm³/mol. The number of nitrogens with zero attached hydrogens (tertiary/aromatic N) is 2. The first-order valence-corrected chi connectivity index (χ1v) is 12.2. The van der Waals surface area contributed by atoms with E-state index >= 15 is 0 Å². The molecule has 3 heterocycles. The van der Waals surface area contributed by atoms with Gasteiger partial charge < -0.3 is 9.73 Å². The predicted octanol–water partition coefficient (Wildman–Crippen LogP) is 4.35. The Hall–Kier alpha value is -3.20. The molecule has 0 bridgehead atoms. The third kappa shape index (κ3) is 4.00. The average molecular weight is 458 g/mol. The van der Waals surface area contributed by atoms with Gasteiger partial charge in [-0.1, -0.05) is 6.08 Å². The SMILES string of the molecule is CNC(=O)c1c(-c2ccc(F)cc2)oc2nc3c(cc12)/C(C)=C/CCCCN3S(C)(=O)=O. The van der Waals surface area contributed by atoms with Crippen molar-refractivity contribution in [2.24, 2.45) is 0 Å². The number of allylic oxidation sites excluding steroid dienone is 2. The van der Waals surface area contributed by atoms with Crippen molar-refractivity contribution in [3.63, 3.8) is 0 Å². The van der Waals surface area contributed by atoms with Crippen LogP contribution in [0.25, 0.3) is 28.0 Å². The van der Waals surface area contributed by atoms with Gasteiger partial charge in [-0.25, -0.2) is 12.8 Å². The summed E-state index contributed by atoms with van der Waals surface area (Å²) in [6, 6.07) is 7.37. The fourth-order valence-electron chi connectivity index (χ4n) is 3.91. The lowest BCUT2D eigenvalue weighted by molar-refractivity contribution is 0.0964. The first kappa shape index (κ1) is 22.0. The lowest BCUT2D eigenvalue weighted by Crippen LogP contribution is -2.32. The minimum absolute atomic E-state index is 0.141. The summed E-state index contributed by atoms with van der Waals surface area (Å²) in [7, 11) is -2.08. The highest BCUT2D eigenvalue weighted by Crippen LogP contribution is 2.38. The normalized spacial score (nSPS) is 16.5. The topological polar surface area (TPSA) is 92.5 Å². The van der Waals surface area contributed by atoms with Crippen LogP contribution in [0.1, 0.15) is 42.1 Å². The number of carbonyl (C=O) groups is 1. The molecule has 4 rings (SSSR count). The molecule has 1 N–H and O–H groups in total. The van der Waals surface area contributed by atoms with Crippen molar-refractivity contribution in [1.82, 2.24) is 10.3 Å². The Morgan fingerprint density at radius 3 is 2.59 bits per heavy atom. The van der Waals surface area contributed by atoms with Gasteiger partial charge in [0.25, 0.3) is 5.91 Å². The highest BCUT2D eigenvalue weighted by Gasteiger charge is 2.28. The van der Waals surface area contributed by atoms with Crippen LogP contribution in [0.5, 0.6) is 0 Å². The van der Waals surface area contributed by atoms with Crippen molar-refractivity contribution >= 4 is 38.4 Å². The highest BCUT2D eigenvalue weighted by atomic mass is 32.2. The largest absolute Gasteiger partial charge is 0.437 e. The van der Waals surface area contributed by atoms with E-state index < -0.39 is 15.8 Å². The van der Waals surface area contributed by atoms with Crippen LogP contribution in [0, 0.1) is 5.82 Å². The molecule has 0 aliphatic carbocycles. The van der Waals surface area contributed by atoms with E-state index in [4.69, 9.17) is 4.42 Å². The van der Waals surface area contributed by atoms with Gasteiger partial charge >= 0.3 is 0 Å². The minimum Gasteiger partial charge on any atom is -0.437 e. The summed E-state index contributed by atoms with van der Waals surface area (Å²) in [6.07, 6.45) is 5.57. The van der Waals surface area contributed by atoms with Crippen molar-refractivity contribution in [3.05, 3.63) is 53.4 Å². The molecule has 32 heavy (non-hydrogen) atoms. The van der Waals surface area contributed by atoms with Crippen LogP contribution in [-0.4, -0.2) is 39.2 Å². The number of halogens is 1. The van der Waals surface area contributed by atoms with Crippen molar-refractivity contribution in [1.29, 1.82) is 0 Å². The van der Waals surface area contributed by atoms with E-state index in [1.807, 2.05) is 6.92 Å². The third-order valence-electron chi connectivity index (χ3n) is 5.55. The van der Waals surface area contributed by atoms with Gasteiger partial charge in [0.1, 0.15) is 11.6 Å². The van der Waals surface area contributed by atoms with Crippen LogP contribution in [0.2, 0.25) is 0 Å². The number of aromatic nitrogens is 1. The molecule has 1 amide bonds. The van der Waals surface area contributed by atoms with E-state index in [0.29, 0.717) is 29.5 Å². The van der Waals surface area contributed by atoms with Crippen molar-refractivity contribution in [2.45, 2.75) is 26.2 Å². The molecule has 0 radical (unpaired) electrons. The fraction of sp³-hybridized carbons (Fsp3) is 0.304. The second kappa shape index (κ2) is 8.38. The number of pyridine rings is 1. The maximum Gasteiger partial charge on any atom is 0.255 e. The zero-order valence-corrected chi connectivity index (χ0v) is 18.9. The number of rotatable bonds is 3. The molecule has 7 nitrogen and oxygen atoms in total. The van der Waals surface area contributed by atoms with Crippen LogP contribution in [0.3, 0.4) is 0 Å². The molecule has 0 fully saturated rings. The van der Waals surface area contributed by atoms with Gasteiger partial charge in [-0.3, -0.25) is 9.10 Å². The standard InChI is InChI=1S/C23H24FN3O4S/c1-14-7-5-4-6-12-27(32(3,29)30)21-17(14)13-18-19(22(28)25-2)20(31-23(18)26-21)15-8-10-16(24)11-9-15/h7-11,13H,4-6,12H2,1-3H3,(H,25,28)/b14-7+. The molecule has 0 saturated heterocycles. The second-order valence-corrected chi connectivity index (χ2v) is 9.73. The number of anilines is 1. The van der Waals surface area contributed by atoms with Gasteiger partial charge in [-0.05, 0) is 62.1 Å². The molecule has 3 aromatic rings. The van der Waals surface area contributed by atoms with Crippen LogP contribution < -0.4 is 9.62 Å². The van der Waals surface area contributed by atoms with E-state index in [1.165, 1.54) is 35.6 Å². The van der Waals surface area contributed by atoms with Crippen molar-refractivity contribution in [2.75, 3.05) is 24.2 Å². The van der Waals surface area contributed by atoms with E-state index in [2.05, 4.69) is 16.4 Å². The molecular weight excluding hydrogens is 433 g/mol. The smallest absolute Gasteiger partial charge is 0.255 e. The summed E-state index contributed by atoms with van der Waals surface area (Å²) in [5.41, 5.74) is 2.42. The second-order valence-electron chi connectivity index (χ2n) is 7.82. The maximum absolute atomic E-state index is 13.5. The van der Waals surface area contributed by atoms with Gasteiger partial charge in [-0.15, -0.1) is 0 Å². The van der Waals surface area contributed by atoms with Crippen LogP contribution in [0.4, 0.5) is 10.2 Å². The molecule has 168 valence electrons. The number of hydrogen-bond acceptors (Lipinski definition) is 5. The van der Waals surface area contributed by atoms with Crippen molar-refractivity contribution in [3.8, 4) is 11.3 Å². The molecule has 0 unspecified atom stereocenters. The number of furan rings is 1. The Kier molecular flexibility index (Phi) is 5.77. The number of fused-ring (bicyclic) bond motifs is 2. The monoisotopic (exact) mass is 457 g/mol. The number of sulfonamides is 1. The lowest BCUT2D eigenvalue weighted by Gasteiger charge is -2.23. The molecule has 9 heteroatoms. The van der Waals surface area contributed by atoms with E-state index in [9.17, 15) is 17.6 Å². The Labute approximate surface area is 186 Å². The zero-order chi connectivity index (χ0) is 23.0. The molecule has 0 saturated carbocycles.